The number of aryl methyl sites for hydroxylation is 1. The molecule has 0 aliphatic heterocycles. The minimum Gasteiger partial charge on any atom is -0.330 e. The maximum atomic E-state index is 5.50. The summed E-state index contributed by atoms with van der Waals surface area (Å²) in [7, 11) is 1.94. The second-order valence-corrected chi connectivity index (χ2v) is 4.79. The van der Waals surface area contributed by atoms with Crippen LogP contribution in [0.4, 0.5) is 0 Å². The van der Waals surface area contributed by atoms with Crippen LogP contribution in [-0.4, -0.2) is 21.3 Å². The summed E-state index contributed by atoms with van der Waals surface area (Å²) >= 11 is 0. The molecule has 0 aromatic carbocycles. The molecule has 1 saturated carbocycles. The molecule has 2 N–H and O–H groups in total. The van der Waals surface area contributed by atoms with Crippen LogP contribution in [0, 0.1) is 5.41 Å². The molecule has 0 radical (unpaired) electrons. The third-order valence-corrected chi connectivity index (χ3v) is 3.06. The monoisotopic (exact) mass is 194 g/mol. The molecule has 0 amide bonds. The fourth-order valence-electron chi connectivity index (χ4n) is 1.84. The van der Waals surface area contributed by atoms with Gasteiger partial charge in [-0.3, -0.25) is 4.68 Å². The number of nitrogens with two attached hydrogens (primary N) is 1. The molecule has 14 heavy (non-hydrogen) atoms. The van der Waals surface area contributed by atoms with Crippen molar-refractivity contribution < 1.29 is 0 Å². The fraction of sp³-hybridized carbons (Fsp3) is 0.800. The van der Waals surface area contributed by atoms with Crippen LogP contribution in [0.1, 0.15) is 37.8 Å². The summed E-state index contributed by atoms with van der Waals surface area (Å²) < 4.78 is 1.86. The molecule has 0 saturated heterocycles. The highest BCUT2D eigenvalue weighted by Gasteiger charge is 2.49. The van der Waals surface area contributed by atoms with Gasteiger partial charge in [-0.15, -0.1) is 0 Å². The lowest BCUT2D eigenvalue weighted by Crippen LogP contribution is -2.08. The highest BCUT2D eigenvalue weighted by atomic mass is 15.3. The summed E-state index contributed by atoms with van der Waals surface area (Å²) in [5.41, 5.74) is 5.91. The van der Waals surface area contributed by atoms with Crippen LogP contribution >= 0.6 is 0 Å². The lowest BCUT2D eigenvalue weighted by atomic mass is 10.1. The molecule has 1 aromatic rings. The van der Waals surface area contributed by atoms with Crippen molar-refractivity contribution in [3.8, 4) is 0 Å². The highest BCUT2D eigenvalue weighted by Crippen LogP contribution is 2.57. The normalized spacial score (nSPS) is 23.9. The first kappa shape index (κ1) is 9.65. The van der Waals surface area contributed by atoms with E-state index in [1.54, 1.807) is 0 Å². The van der Waals surface area contributed by atoms with E-state index in [4.69, 9.17) is 5.73 Å². The zero-order valence-electron chi connectivity index (χ0n) is 9.12. The van der Waals surface area contributed by atoms with Crippen molar-refractivity contribution in [1.82, 2.24) is 14.8 Å². The Morgan fingerprint density at radius 1 is 1.57 bits per heavy atom. The van der Waals surface area contributed by atoms with Gasteiger partial charge >= 0.3 is 0 Å². The van der Waals surface area contributed by atoms with Gasteiger partial charge in [0.15, 0.2) is 5.82 Å². The van der Waals surface area contributed by atoms with Gasteiger partial charge in [0.1, 0.15) is 5.82 Å². The van der Waals surface area contributed by atoms with Crippen molar-refractivity contribution >= 4 is 0 Å². The maximum absolute atomic E-state index is 5.50. The van der Waals surface area contributed by atoms with E-state index in [0.29, 0.717) is 17.9 Å². The van der Waals surface area contributed by atoms with Crippen molar-refractivity contribution in [2.75, 3.05) is 6.54 Å². The number of aromatic nitrogens is 3. The Morgan fingerprint density at radius 3 is 2.71 bits per heavy atom. The predicted octanol–water partition coefficient (Wildman–Crippen LogP) is 0.830. The third kappa shape index (κ3) is 1.54. The standard InChI is InChI=1S/C10H18N4/c1-10(2)6-7(10)9-12-8(4-5-11)14(3)13-9/h7H,4-6,11H2,1-3H3. The Balaban J connectivity index is 2.17. The van der Waals surface area contributed by atoms with Crippen LogP contribution in [0.15, 0.2) is 0 Å². The van der Waals surface area contributed by atoms with Crippen molar-refractivity contribution in [3.05, 3.63) is 11.6 Å². The molecule has 1 atom stereocenters. The molecule has 4 heteroatoms. The van der Waals surface area contributed by atoms with Crippen LogP contribution in [0.3, 0.4) is 0 Å². The Kier molecular flexibility index (Phi) is 2.10. The van der Waals surface area contributed by atoms with E-state index in [1.165, 1.54) is 6.42 Å². The number of rotatable bonds is 3. The Labute approximate surface area is 84.5 Å². The van der Waals surface area contributed by atoms with Crippen LogP contribution < -0.4 is 5.73 Å². The largest absolute Gasteiger partial charge is 0.330 e. The Bertz CT molecular complexity index is 340. The summed E-state index contributed by atoms with van der Waals surface area (Å²) in [5.74, 6) is 2.56. The molecule has 1 fully saturated rings. The molecule has 1 aromatic heterocycles. The molecule has 0 spiro atoms. The molecule has 1 unspecified atom stereocenters. The quantitative estimate of drug-likeness (QED) is 0.775. The van der Waals surface area contributed by atoms with Gasteiger partial charge in [-0.1, -0.05) is 13.8 Å². The molecule has 78 valence electrons. The number of nitrogens with zero attached hydrogens (tertiary/aromatic N) is 3. The topological polar surface area (TPSA) is 56.7 Å². The van der Waals surface area contributed by atoms with Gasteiger partial charge in [0.25, 0.3) is 0 Å². The SMILES string of the molecule is Cn1nc(C2CC2(C)C)nc1CCN. The first-order valence-electron chi connectivity index (χ1n) is 5.14. The second kappa shape index (κ2) is 3.05. The molecule has 1 aliphatic carbocycles. The van der Waals surface area contributed by atoms with Gasteiger partial charge in [0, 0.05) is 19.4 Å². The molecule has 1 aliphatic rings. The van der Waals surface area contributed by atoms with Crippen molar-refractivity contribution in [2.45, 2.75) is 32.6 Å². The minimum absolute atomic E-state index is 0.404. The van der Waals surface area contributed by atoms with E-state index >= 15 is 0 Å². The summed E-state index contributed by atoms with van der Waals surface area (Å²) in [6.45, 7) is 5.16. The van der Waals surface area contributed by atoms with Gasteiger partial charge < -0.3 is 5.73 Å². The average Bonchev–Trinajstić information content (AvgIpc) is 2.57. The zero-order chi connectivity index (χ0) is 10.3. The van der Waals surface area contributed by atoms with E-state index in [9.17, 15) is 0 Å². The van der Waals surface area contributed by atoms with Crippen molar-refractivity contribution in [1.29, 1.82) is 0 Å². The first-order chi connectivity index (χ1) is 6.54. The zero-order valence-corrected chi connectivity index (χ0v) is 9.12. The Hall–Kier alpha value is -0.900. The molecule has 0 bridgehead atoms. The van der Waals surface area contributed by atoms with Crippen LogP contribution in [0.2, 0.25) is 0 Å². The van der Waals surface area contributed by atoms with E-state index in [2.05, 4.69) is 23.9 Å². The molecular formula is C10H18N4. The smallest absolute Gasteiger partial charge is 0.154 e. The van der Waals surface area contributed by atoms with E-state index in [0.717, 1.165) is 18.1 Å². The van der Waals surface area contributed by atoms with Gasteiger partial charge in [0.05, 0.1) is 0 Å². The second-order valence-electron chi connectivity index (χ2n) is 4.79. The van der Waals surface area contributed by atoms with Crippen molar-refractivity contribution in [2.24, 2.45) is 18.2 Å². The summed E-state index contributed by atoms with van der Waals surface area (Å²) in [6.07, 6.45) is 2.02. The molecule has 4 nitrogen and oxygen atoms in total. The summed E-state index contributed by atoms with van der Waals surface area (Å²) in [6, 6.07) is 0. The fourth-order valence-corrected chi connectivity index (χ4v) is 1.84. The maximum Gasteiger partial charge on any atom is 0.154 e. The van der Waals surface area contributed by atoms with Crippen LogP contribution in [-0.2, 0) is 13.5 Å². The van der Waals surface area contributed by atoms with Gasteiger partial charge in [-0.25, -0.2) is 4.98 Å². The van der Waals surface area contributed by atoms with E-state index < -0.39 is 0 Å². The molecular weight excluding hydrogens is 176 g/mol. The predicted molar refractivity (Wildman–Crippen MR) is 54.9 cm³/mol. The van der Waals surface area contributed by atoms with Crippen molar-refractivity contribution in [3.63, 3.8) is 0 Å². The molecule has 1 heterocycles. The highest BCUT2D eigenvalue weighted by molar-refractivity contribution is 5.15. The van der Waals surface area contributed by atoms with E-state index in [1.807, 2.05) is 11.7 Å². The lowest BCUT2D eigenvalue weighted by Gasteiger charge is -1.96. The van der Waals surface area contributed by atoms with Gasteiger partial charge in [-0.05, 0) is 18.4 Å². The lowest BCUT2D eigenvalue weighted by molar-refractivity contribution is 0.604. The molecule has 2 rings (SSSR count). The van der Waals surface area contributed by atoms with Gasteiger partial charge in [-0.2, -0.15) is 5.10 Å². The average molecular weight is 194 g/mol. The van der Waals surface area contributed by atoms with Crippen LogP contribution in [0.25, 0.3) is 0 Å². The Morgan fingerprint density at radius 2 is 2.21 bits per heavy atom. The minimum atomic E-state index is 0.404. The number of hydrogen-bond donors (Lipinski definition) is 1. The number of hydrogen-bond acceptors (Lipinski definition) is 3. The first-order valence-corrected chi connectivity index (χ1v) is 5.14. The van der Waals surface area contributed by atoms with E-state index in [-0.39, 0.29) is 0 Å². The van der Waals surface area contributed by atoms with Crippen LogP contribution in [0.5, 0.6) is 0 Å². The summed E-state index contributed by atoms with van der Waals surface area (Å²) in [4.78, 5) is 4.53. The summed E-state index contributed by atoms with van der Waals surface area (Å²) in [5, 5.41) is 4.44. The third-order valence-electron chi connectivity index (χ3n) is 3.06. The van der Waals surface area contributed by atoms with Gasteiger partial charge in [0.2, 0.25) is 0 Å².